The van der Waals surface area contributed by atoms with E-state index in [1.807, 2.05) is 13.8 Å². The first kappa shape index (κ1) is 15.6. The summed E-state index contributed by atoms with van der Waals surface area (Å²) in [6.07, 6.45) is 3.06. The van der Waals surface area contributed by atoms with Crippen molar-refractivity contribution in [3.8, 4) is 0 Å². The Bertz CT molecular complexity index is 285. The van der Waals surface area contributed by atoms with E-state index in [-0.39, 0.29) is 11.9 Å². The predicted molar refractivity (Wildman–Crippen MR) is 66.5 cm³/mol. The van der Waals surface area contributed by atoms with E-state index in [1.54, 1.807) is 20.0 Å². The van der Waals surface area contributed by atoms with Crippen LogP contribution in [0.5, 0.6) is 0 Å². The number of hydrogen-bond donors (Lipinski definition) is 2. The van der Waals surface area contributed by atoms with Crippen LogP contribution in [0.3, 0.4) is 0 Å². The first-order valence-corrected chi connectivity index (χ1v) is 5.70. The summed E-state index contributed by atoms with van der Waals surface area (Å²) in [7, 11) is 1.62. The van der Waals surface area contributed by atoms with Crippen LogP contribution in [0.4, 0.5) is 0 Å². The predicted octanol–water partition coefficient (Wildman–Crippen LogP) is 0.468. The van der Waals surface area contributed by atoms with Gasteiger partial charge < -0.3 is 15.4 Å². The molecule has 0 saturated heterocycles. The molecule has 0 radical (unpaired) electrons. The summed E-state index contributed by atoms with van der Waals surface area (Å²) in [6.45, 7) is 6.91. The highest BCUT2D eigenvalue weighted by Gasteiger charge is 2.25. The molecule has 0 spiro atoms. The number of carbonyl (C=O) groups excluding carboxylic acids is 2. The van der Waals surface area contributed by atoms with Crippen molar-refractivity contribution in [2.24, 2.45) is 5.41 Å². The number of hydrogen-bond acceptors (Lipinski definition) is 4. The van der Waals surface area contributed by atoms with Crippen LogP contribution >= 0.6 is 0 Å². The van der Waals surface area contributed by atoms with Crippen LogP contribution < -0.4 is 10.6 Å². The third-order valence-electron chi connectivity index (χ3n) is 2.21. The van der Waals surface area contributed by atoms with Crippen LogP contribution in [0.15, 0.2) is 12.2 Å². The number of amides is 1. The van der Waals surface area contributed by atoms with Crippen LogP contribution in [0.25, 0.3) is 0 Å². The maximum Gasteiger partial charge on any atom is 0.330 e. The molecule has 0 aliphatic heterocycles. The number of carbonyl (C=O) groups is 2. The van der Waals surface area contributed by atoms with Gasteiger partial charge in [-0.3, -0.25) is 4.79 Å². The quantitative estimate of drug-likeness (QED) is 0.387. The van der Waals surface area contributed by atoms with E-state index in [0.29, 0.717) is 19.7 Å². The third-order valence-corrected chi connectivity index (χ3v) is 2.21. The zero-order valence-electron chi connectivity index (χ0n) is 11.0. The molecular formula is C12H22N2O3. The summed E-state index contributed by atoms with van der Waals surface area (Å²) >= 11 is 0. The third kappa shape index (κ3) is 6.73. The Balaban J connectivity index is 3.85. The molecule has 5 nitrogen and oxygen atoms in total. The van der Waals surface area contributed by atoms with Crippen molar-refractivity contribution in [2.75, 3.05) is 26.7 Å². The first-order valence-electron chi connectivity index (χ1n) is 5.70. The molecule has 0 aliphatic rings. The second-order valence-corrected chi connectivity index (χ2v) is 4.25. The largest absolute Gasteiger partial charge is 0.463 e. The lowest BCUT2D eigenvalue weighted by Gasteiger charge is -2.22. The van der Waals surface area contributed by atoms with Gasteiger partial charge in [0.15, 0.2) is 0 Å². The van der Waals surface area contributed by atoms with Gasteiger partial charge in [-0.05, 0) is 20.8 Å². The van der Waals surface area contributed by atoms with Gasteiger partial charge >= 0.3 is 5.97 Å². The number of ether oxygens (including phenoxy) is 1. The van der Waals surface area contributed by atoms with Crippen molar-refractivity contribution in [1.29, 1.82) is 0 Å². The summed E-state index contributed by atoms with van der Waals surface area (Å²) < 4.78 is 4.73. The normalized spacial score (nSPS) is 11.5. The maximum atomic E-state index is 11.4. The van der Waals surface area contributed by atoms with Crippen molar-refractivity contribution in [2.45, 2.75) is 20.8 Å². The second kappa shape index (κ2) is 7.84. The monoisotopic (exact) mass is 242 g/mol. The van der Waals surface area contributed by atoms with Crippen LogP contribution in [0.1, 0.15) is 20.8 Å². The Kier molecular flexibility index (Phi) is 7.21. The van der Waals surface area contributed by atoms with Crippen LogP contribution in [-0.4, -0.2) is 38.6 Å². The molecule has 0 bridgehead atoms. The number of rotatable bonds is 7. The maximum absolute atomic E-state index is 11.4. The lowest BCUT2D eigenvalue weighted by molar-refractivity contribution is -0.137. The van der Waals surface area contributed by atoms with Gasteiger partial charge in [-0.15, -0.1) is 0 Å². The van der Waals surface area contributed by atoms with Gasteiger partial charge in [-0.1, -0.05) is 6.08 Å². The molecule has 17 heavy (non-hydrogen) atoms. The van der Waals surface area contributed by atoms with E-state index in [1.165, 1.54) is 6.08 Å². The molecule has 0 rings (SSSR count). The topological polar surface area (TPSA) is 67.4 Å². The minimum Gasteiger partial charge on any atom is -0.463 e. The van der Waals surface area contributed by atoms with Crippen molar-refractivity contribution >= 4 is 11.9 Å². The molecule has 98 valence electrons. The molecule has 2 N–H and O–H groups in total. The molecular weight excluding hydrogens is 220 g/mol. The van der Waals surface area contributed by atoms with E-state index in [2.05, 4.69) is 10.6 Å². The van der Waals surface area contributed by atoms with Gasteiger partial charge in [-0.2, -0.15) is 0 Å². The average Bonchev–Trinajstić information content (AvgIpc) is 2.27. The highest BCUT2D eigenvalue weighted by molar-refractivity contribution is 5.82. The number of esters is 1. The number of nitrogens with one attached hydrogen (secondary N) is 2. The minimum absolute atomic E-state index is 0.0145. The zero-order valence-corrected chi connectivity index (χ0v) is 11.0. The molecule has 0 aromatic heterocycles. The van der Waals surface area contributed by atoms with Crippen LogP contribution in [-0.2, 0) is 14.3 Å². The molecule has 1 amide bonds. The standard InChI is InChI=1S/C12H22N2O3/c1-5-17-10(15)7-6-8-14-9-12(2,3)11(16)13-4/h6-7,14H,5,8-9H2,1-4H3,(H,13,16)/b7-6+. The van der Waals surface area contributed by atoms with Gasteiger partial charge in [-0.25, -0.2) is 4.79 Å². The Hall–Kier alpha value is -1.36. The van der Waals surface area contributed by atoms with Gasteiger partial charge in [0, 0.05) is 26.2 Å². The molecule has 0 unspecified atom stereocenters. The molecule has 0 aromatic rings. The Labute approximate surface area is 103 Å². The van der Waals surface area contributed by atoms with Crippen molar-refractivity contribution < 1.29 is 14.3 Å². The molecule has 0 aliphatic carbocycles. The average molecular weight is 242 g/mol. The molecule has 0 heterocycles. The Morgan fingerprint density at radius 1 is 1.35 bits per heavy atom. The lowest BCUT2D eigenvalue weighted by atomic mass is 9.92. The van der Waals surface area contributed by atoms with Crippen molar-refractivity contribution in [1.82, 2.24) is 10.6 Å². The van der Waals surface area contributed by atoms with Crippen molar-refractivity contribution in [3.05, 3.63) is 12.2 Å². The fourth-order valence-corrected chi connectivity index (χ4v) is 1.23. The fraction of sp³-hybridized carbons (Fsp3) is 0.667. The van der Waals surface area contributed by atoms with E-state index in [4.69, 9.17) is 4.74 Å². The molecule has 0 aromatic carbocycles. The molecule has 5 heteroatoms. The Morgan fingerprint density at radius 3 is 2.53 bits per heavy atom. The van der Waals surface area contributed by atoms with E-state index >= 15 is 0 Å². The van der Waals surface area contributed by atoms with Gasteiger partial charge in [0.1, 0.15) is 0 Å². The summed E-state index contributed by atoms with van der Waals surface area (Å²) in [5, 5.41) is 5.69. The van der Waals surface area contributed by atoms with Gasteiger partial charge in [0.2, 0.25) is 5.91 Å². The molecule has 0 saturated carbocycles. The highest BCUT2D eigenvalue weighted by atomic mass is 16.5. The van der Waals surface area contributed by atoms with Crippen molar-refractivity contribution in [3.63, 3.8) is 0 Å². The SMILES string of the molecule is CCOC(=O)/C=C/CNCC(C)(C)C(=O)NC. The molecule has 0 fully saturated rings. The van der Waals surface area contributed by atoms with E-state index in [9.17, 15) is 9.59 Å². The lowest BCUT2D eigenvalue weighted by Crippen LogP contribution is -2.42. The van der Waals surface area contributed by atoms with E-state index < -0.39 is 5.41 Å². The smallest absolute Gasteiger partial charge is 0.330 e. The van der Waals surface area contributed by atoms with E-state index in [0.717, 1.165) is 0 Å². The van der Waals surface area contributed by atoms with Gasteiger partial charge in [0.25, 0.3) is 0 Å². The van der Waals surface area contributed by atoms with Crippen LogP contribution in [0, 0.1) is 5.41 Å². The summed E-state index contributed by atoms with van der Waals surface area (Å²) in [6, 6.07) is 0. The molecule has 0 atom stereocenters. The highest BCUT2D eigenvalue weighted by Crippen LogP contribution is 2.12. The Morgan fingerprint density at radius 2 is 2.00 bits per heavy atom. The van der Waals surface area contributed by atoms with Crippen LogP contribution in [0.2, 0.25) is 0 Å². The fourth-order valence-electron chi connectivity index (χ4n) is 1.23. The summed E-state index contributed by atoms with van der Waals surface area (Å²) in [4.78, 5) is 22.4. The summed E-state index contributed by atoms with van der Waals surface area (Å²) in [5.74, 6) is -0.362. The minimum atomic E-state index is -0.466. The second-order valence-electron chi connectivity index (χ2n) is 4.25. The van der Waals surface area contributed by atoms with Gasteiger partial charge in [0.05, 0.1) is 12.0 Å². The summed E-state index contributed by atoms with van der Waals surface area (Å²) in [5.41, 5.74) is -0.466. The first-order chi connectivity index (χ1) is 7.94. The zero-order chi connectivity index (χ0) is 13.3.